The number of nitrogens with zero attached hydrogens (tertiary/aromatic N) is 3. The largest absolute Gasteiger partial charge is 0.384 e. The molecule has 0 atom stereocenters. The minimum Gasteiger partial charge on any atom is -0.384 e. The Bertz CT molecular complexity index is 552. The average Bonchev–Trinajstić information content (AvgIpc) is 2.52. The quantitative estimate of drug-likeness (QED) is 0.809. The van der Waals surface area contributed by atoms with Gasteiger partial charge in [-0.15, -0.1) is 0 Å². The van der Waals surface area contributed by atoms with Gasteiger partial charge in [0.25, 0.3) is 5.91 Å². The van der Waals surface area contributed by atoms with E-state index in [2.05, 4.69) is 35.6 Å². The van der Waals surface area contributed by atoms with Gasteiger partial charge in [-0.1, -0.05) is 11.8 Å². The van der Waals surface area contributed by atoms with Crippen molar-refractivity contribution in [3.63, 3.8) is 0 Å². The fourth-order valence-corrected chi connectivity index (χ4v) is 2.43. The molecule has 112 valence electrons. The minimum absolute atomic E-state index is 0.0111. The van der Waals surface area contributed by atoms with Crippen LogP contribution in [0.3, 0.4) is 0 Å². The third-order valence-corrected chi connectivity index (χ3v) is 3.69. The lowest BCUT2D eigenvalue weighted by Crippen LogP contribution is -2.50. The number of aromatic nitrogens is 1. The third kappa shape index (κ3) is 3.81. The fourth-order valence-electron chi connectivity index (χ4n) is 2.43. The summed E-state index contributed by atoms with van der Waals surface area (Å²) in [6, 6.07) is 2.20. The van der Waals surface area contributed by atoms with Gasteiger partial charge in [0.2, 0.25) is 0 Å². The summed E-state index contributed by atoms with van der Waals surface area (Å²) in [4.78, 5) is 20.8. The molecule has 2 heterocycles. The molecule has 0 unspecified atom stereocenters. The number of rotatable bonds is 2. The van der Waals surface area contributed by atoms with E-state index >= 15 is 0 Å². The van der Waals surface area contributed by atoms with Gasteiger partial charge >= 0.3 is 0 Å². The van der Waals surface area contributed by atoms with Gasteiger partial charge < -0.3 is 10.0 Å². The maximum atomic E-state index is 12.6. The SMILES string of the molecule is CC(C)N1CCN(C(=O)c2ccncc2C#CCO)CC1. The first-order valence-corrected chi connectivity index (χ1v) is 7.20. The molecule has 1 aromatic heterocycles. The normalized spacial score (nSPS) is 15.7. The van der Waals surface area contributed by atoms with Crippen molar-refractivity contribution >= 4 is 5.91 Å². The maximum absolute atomic E-state index is 12.6. The highest BCUT2D eigenvalue weighted by Gasteiger charge is 2.24. The zero-order valence-corrected chi connectivity index (χ0v) is 12.5. The van der Waals surface area contributed by atoms with Crippen LogP contribution < -0.4 is 0 Å². The van der Waals surface area contributed by atoms with E-state index in [0.717, 1.165) is 26.2 Å². The number of aliphatic hydroxyl groups excluding tert-OH is 1. The predicted octanol–water partition coefficient (Wildman–Crippen LogP) is 0.592. The molecule has 0 aromatic carbocycles. The number of hydrogen-bond acceptors (Lipinski definition) is 4. The molecule has 5 nitrogen and oxygen atoms in total. The molecule has 0 saturated carbocycles. The van der Waals surface area contributed by atoms with E-state index in [1.807, 2.05) is 4.90 Å². The van der Waals surface area contributed by atoms with Gasteiger partial charge in [-0.3, -0.25) is 14.7 Å². The molecular formula is C16H21N3O2. The van der Waals surface area contributed by atoms with Crippen molar-refractivity contribution in [1.82, 2.24) is 14.8 Å². The van der Waals surface area contributed by atoms with Crippen molar-refractivity contribution in [3.05, 3.63) is 29.6 Å². The zero-order valence-electron chi connectivity index (χ0n) is 12.5. The summed E-state index contributed by atoms with van der Waals surface area (Å²) in [5.41, 5.74) is 1.13. The molecule has 0 radical (unpaired) electrons. The van der Waals surface area contributed by atoms with Gasteiger partial charge in [-0.25, -0.2) is 0 Å². The Kier molecular flexibility index (Phi) is 5.32. The van der Waals surface area contributed by atoms with Crippen molar-refractivity contribution in [1.29, 1.82) is 0 Å². The first-order chi connectivity index (χ1) is 10.1. The van der Waals surface area contributed by atoms with Crippen LogP contribution in [0, 0.1) is 11.8 Å². The second kappa shape index (κ2) is 7.21. The molecule has 1 aliphatic rings. The summed E-state index contributed by atoms with van der Waals surface area (Å²) in [6.45, 7) is 7.36. The van der Waals surface area contributed by atoms with Gasteiger partial charge in [-0.2, -0.15) is 0 Å². The van der Waals surface area contributed by atoms with Crippen molar-refractivity contribution in [2.75, 3.05) is 32.8 Å². The summed E-state index contributed by atoms with van der Waals surface area (Å²) in [7, 11) is 0. The highest BCUT2D eigenvalue weighted by Crippen LogP contribution is 2.13. The van der Waals surface area contributed by atoms with E-state index in [9.17, 15) is 4.79 Å². The van der Waals surface area contributed by atoms with Crippen LogP contribution in [0.4, 0.5) is 0 Å². The van der Waals surface area contributed by atoms with Crippen molar-refractivity contribution in [2.45, 2.75) is 19.9 Å². The fraction of sp³-hybridized carbons (Fsp3) is 0.500. The van der Waals surface area contributed by atoms with Gasteiger partial charge in [-0.05, 0) is 19.9 Å². The van der Waals surface area contributed by atoms with Crippen LogP contribution in [0.1, 0.15) is 29.8 Å². The lowest BCUT2D eigenvalue weighted by Gasteiger charge is -2.37. The van der Waals surface area contributed by atoms with Gasteiger partial charge in [0.1, 0.15) is 6.61 Å². The number of carbonyl (C=O) groups excluding carboxylic acids is 1. The number of amides is 1. The molecule has 1 amide bonds. The van der Waals surface area contributed by atoms with E-state index in [1.54, 1.807) is 18.5 Å². The maximum Gasteiger partial charge on any atom is 0.255 e. The molecule has 1 saturated heterocycles. The molecule has 1 aliphatic heterocycles. The summed E-state index contributed by atoms with van der Waals surface area (Å²) in [5, 5.41) is 8.79. The van der Waals surface area contributed by atoms with E-state index in [1.165, 1.54) is 0 Å². The smallest absolute Gasteiger partial charge is 0.255 e. The molecule has 0 bridgehead atoms. The van der Waals surface area contributed by atoms with Gasteiger partial charge in [0.05, 0.1) is 11.1 Å². The number of hydrogen-bond donors (Lipinski definition) is 1. The van der Waals surface area contributed by atoms with Gasteiger partial charge in [0.15, 0.2) is 0 Å². The second-order valence-electron chi connectivity index (χ2n) is 5.30. The van der Waals surface area contributed by atoms with Gasteiger partial charge in [0, 0.05) is 44.6 Å². The predicted molar refractivity (Wildman–Crippen MR) is 80.8 cm³/mol. The lowest BCUT2D eigenvalue weighted by molar-refractivity contribution is 0.0595. The molecule has 1 N–H and O–H groups in total. The van der Waals surface area contributed by atoms with Crippen LogP contribution in [0.15, 0.2) is 18.5 Å². The minimum atomic E-state index is -0.227. The highest BCUT2D eigenvalue weighted by molar-refractivity contribution is 5.96. The van der Waals surface area contributed by atoms with Crippen molar-refractivity contribution in [2.24, 2.45) is 0 Å². The van der Waals surface area contributed by atoms with E-state index in [0.29, 0.717) is 17.2 Å². The van der Waals surface area contributed by atoms with Crippen LogP contribution in [-0.4, -0.2) is 64.6 Å². The molecule has 5 heteroatoms. The van der Waals surface area contributed by atoms with Crippen molar-refractivity contribution in [3.8, 4) is 11.8 Å². The molecule has 21 heavy (non-hydrogen) atoms. The molecule has 1 fully saturated rings. The van der Waals surface area contributed by atoms with Crippen LogP contribution in [-0.2, 0) is 0 Å². The highest BCUT2D eigenvalue weighted by atomic mass is 16.2. The Labute approximate surface area is 125 Å². The Morgan fingerprint density at radius 1 is 1.38 bits per heavy atom. The topological polar surface area (TPSA) is 56.7 Å². The zero-order chi connectivity index (χ0) is 15.2. The first-order valence-electron chi connectivity index (χ1n) is 7.20. The molecular weight excluding hydrogens is 266 g/mol. The lowest BCUT2D eigenvalue weighted by atomic mass is 10.1. The van der Waals surface area contributed by atoms with E-state index < -0.39 is 0 Å². The van der Waals surface area contributed by atoms with Crippen LogP contribution in [0.2, 0.25) is 0 Å². The third-order valence-electron chi connectivity index (χ3n) is 3.69. The molecule has 1 aromatic rings. The van der Waals surface area contributed by atoms with Crippen molar-refractivity contribution < 1.29 is 9.90 Å². The van der Waals surface area contributed by atoms with Crippen LogP contribution >= 0.6 is 0 Å². The number of piperazine rings is 1. The summed E-state index contributed by atoms with van der Waals surface area (Å²) < 4.78 is 0. The monoisotopic (exact) mass is 287 g/mol. The molecule has 2 rings (SSSR count). The summed E-state index contributed by atoms with van der Waals surface area (Å²) in [6.07, 6.45) is 3.17. The Hall–Kier alpha value is -1.90. The summed E-state index contributed by atoms with van der Waals surface area (Å²) in [5.74, 6) is 5.35. The number of carbonyl (C=O) groups is 1. The summed E-state index contributed by atoms with van der Waals surface area (Å²) >= 11 is 0. The van der Waals surface area contributed by atoms with Crippen LogP contribution in [0.25, 0.3) is 0 Å². The Balaban J connectivity index is 2.11. The Morgan fingerprint density at radius 3 is 2.71 bits per heavy atom. The molecule has 0 spiro atoms. The number of aliphatic hydroxyl groups is 1. The van der Waals surface area contributed by atoms with Crippen LogP contribution in [0.5, 0.6) is 0 Å². The number of pyridine rings is 1. The second-order valence-corrected chi connectivity index (χ2v) is 5.30. The average molecular weight is 287 g/mol. The Morgan fingerprint density at radius 2 is 2.10 bits per heavy atom. The first kappa shape index (κ1) is 15.5. The molecule has 0 aliphatic carbocycles. The standard InChI is InChI=1S/C16H21N3O2/c1-13(2)18-7-9-19(10-8-18)16(21)15-5-6-17-12-14(15)4-3-11-20/h5-6,12-13,20H,7-11H2,1-2H3. The van der Waals surface area contributed by atoms with E-state index in [-0.39, 0.29) is 12.5 Å². The van der Waals surface area contributed by atoms with E-state index in [4.69, 9.17) is 5.11 Å².